The Hall–Kier alpha value is -1.25. The number of ether oxygens (including phenoxy) is 1. The molecule has 3 heteroatoms. The van der Waals surface area contributed by atoms with Gasteiger partial charge >= 0.3 is 0 Å². The first-order valence-corrected chi connectivity index (χ1v) is 3.60. The summed E-state index contributed by atoms with van der Waals surface area (Å²) < 4.78 is 4.99. The average molecular weight is 160 g/mol. The van der Waals surface area contributed by atoms with Gasteiger partial charge < -0.3 is 4.74 Å². The van der Waals surface area contributed by atoms with Crippen LogP contribution < -0.4 is 10.2 Å². The number of carbonyl (C=O) groups excluding carboxylic acids is 1. The molecular formula is C9H9BO2. The lowest BCUT2D eigenvalue weighted by Gasteiger charge is -2.08. The lowest BCUT2D eigenvalue weighted by atomic mass is 9.92. The zero-order valence-electron chi connectivity index (χ0n) is 7.13. The van der Waals surface area contributed by atoms with Crippen LogP contribution in [0.1, 0.15) is 17.3 Å². The molecule has 0 saturated carbocycles. The maximum atomic E-state index is 11.0. The summed E-state index contributed by atoms with van der Waals surface area (Å²) in [6.45, 7) is 1.48. The molecule has 0 heterocycles. The molecule has 2 nitrogen and oxygen atoms in total. The predicted molar refractivity (Wildman–Crippen MR) is 48.4 cm³/mol. The number of ketones is 1. The molecule has 0 spiro atoms. The smallest absolute Gasteiger partial charge is 0.163 e. The highest BCUT2D eigenvalue weighted by Crippen LogP contribution is 2.14. The predicted octanol–water partition coefficient (Wildman–Crippen LogP) is 0.692. The van der Waals surface area contributed by atoms with Gasteiger partial charge in [0.1, 0.15) is 13.6 Å². The van der Waals surface area contributed by atoms with Crippen LogP contribution in [0.25, 0.3) is 0 Å². The van der Waals surface area contributed by atoms with E-state index in [1.807, 2.05) is 0 Å². The fourth-order valence-corrected chi connectivity index (χ4v) is 1.06. The van der Waals surface area contributed by atoms with Crippen molar-refractivity contribution < 1.29 is 9.53 Å². The highest BCUT2D eigenvalue weighted by molar-refractivity contribution is 6.35. The number of para-hydroxylation sites is 1. The molecule has 0 aromatic heterocycles. The number of hydrogen-bond acceptors (Lipinski definition) is 2. The van der Waals surface area contributed by atoms with E-state index in [1.165, 1.54) is 14.0 Å². The minimum atomic E-state index is -0.0425. The molecule has 1 aromatic carbocycles. The van der Waals surface area contributed by atoms with Gasteiger partial charge in [-0.05, 0) is 13.0 Å². The summed E-state index contributed by atoms with van der Waals surface area (Å²) in [7, 11) is 7.09. The van der Waals surface area contributed by atoms with E-state index in [0.717, 1.165) is 0 Å². The summed E-state index contributed by atoms with van der Waals surface area (Å²) in [4.78, 5) is 11.0. The van der Waals surface area contributed by atoms with Gasteiger partial charge in [0.05, 0.1) is 12.7 Å². The molecule has 0 aliphatic heterocycles. The quantitative estimate of drug-likeness (QED) is 0.470. The van der Waals surface area contributed by atoms with E-state index in [1.54, 1.807) is 18.2 Å². The molecule has 0 fully saturated rings. The van der Waals surface area contributed by atoms with Gasteiger partial charge in [-0.3, -0.25) is 4.79 Å². The highest BCUT2D eigenvalue weighted by atomic mass is 16.5. The number of carbonyl (C=O) groups is 1. The normalized spacial score (nSPS) is 9.50. The maximum absolute atomic E-state index is 11.0. The number of rotatable bonds is 2. The van der Waals surface area contributed by atoms with E-state index in [4.69, 9.17) is 12.6 Å². The van der Waals surface area contributed by atoms with Crippen LogP contribution in [0.5, 0.6) is 5.75 Å². The van der Waals surface area contributed by atoms with Crippen LogP contribution in [-0.4, -0.2) is 20.7 Å². The molecule has 1 rings (SSSR count). The van der Waals surface area contributed by atoms with Crippen molar-refractivity contribution in [1.29, 1.82) is 0 Å². The van der Waals surface area contributed by atoms with Gasteiger partial charge in [0.25, 0.3) is 0 Å². The van der Waals surface area contributed by atoms with Gasteiger partial charge in [-0.1, -0.05) is 17.6 Å². The summed E-state index contributed by atoms with van der Waals surface area (Å²) in [5.41, 5.74) is 1.02. The summed E-state index contributed by atoms with van der Waals surface area (Å²) in [6, 6.07) is 5.12. The lowest BCUT2D eigenvalue weighted by Crippen LogP contribution is -2.11. The zero-order valence-corrected chi connectivity index (χ0v) is 7.13. The van der Waals surface area contributed by atoms with Crippen LogP contribution in [0.2, 0.25) is 0 Å². The summed E-state index contributed by atoms with van der Waals surface area (Å²) in [5.74, 6) is 0.421. The Morgan fingerprint density at radius 3 is 2.58 bits per heavy atom. The van der Waals surface area contributed by atoms with Gasteiger partial charge in [-0.25, -0.2) is 0 Å². The number of benzene rings is 1. The van der Waals surface area contributed by atoms with Crippen LogP contribution >= 0.6 is 0 Å². The molecule has 12 heavy (non-hydrogen) atoms. The first kappa shape index (κ1) is 8.85. The van der Waals surface area contributed by atoms with Gasteiger partial charge in [0.2, 0.25) is 0 Å². The monoisotopic (exact) mass is 160 g/mol. The number of hydrogen-bond donors (Lipinski definition) is 0. The first-order chi connectivity index (χ1) is 5.66. The second-order valence-corrected chi connectivity index (χ2v) is 2.48. The maximum Gasteiger partial charge on any atom is 0.163 e. The summed E-state index contributed by atoms with van der Waals surface area (Å²) >= 11 is 0. The molecule has 0 atom stereocenters. The molecule has 0 saturated heterocycles. The van der Waals surface area contributed by atoms with E-state index in [-0.39, 0.29) is 5.78 Å². The second-order valence-electron chi connectivity index (χ2n) is 2.48. The van der Waals surface area contributed by atoms with Gasteiger partial charge in [-0.2, -0.15) is 0 Å². The van der Waals surface area contributed by atoms with Crippen LogP contribution in [0, 0.1) is 0 Å². The van der Waals surface area contributed by atoms with Gasteiger partial charge in [0.15, 0.2) is 5.78 Å². The Morgan fingerprint density at radius 1 is 1.50 bits per heavy atom. The molecule has 1 aromatic rings. The van der Waals surface area contributed by atoms with Crippen molar-refractivity contribution in [1.82, 2.24) is 0 Å². The average Bonchev–Trinajstić information content (AvgIpc) is 2.03. The van der Waals surface area contributed by atoms with Crippen molar-refractivity contribution in [3.63, 3.8) is 0 Å². The third kappa shape index (κ3) is 1.50. The van der Waals surface area contributed by atoms with Crippen LogP contribution in [0.15, 0.2) is 18.2 Å². The summed E-state index contributed by atoms with van der Waals surface area (Å²) in [5, 5.41) is 0. The molecule has 0 bridgehead atoms. The van der Waals surface area contributed by atoms with E-state index in [9.17, 15) is 4.79 Å². The molecular weight excluding hydrogens is 151 g/mol. The minimum absolute atomic E-state index is 0.0425. The van der Waals surface area contributed by atoms with E-state index in [2.05, 4.69) is 0 Å². The van der Waals surface area contributed by atoms with Gasteiger partial charge in [0, 0.05) is 0 Å². The Bertz CT molecular complexity index is 307. The summed E-state index contributed by atoms with van der Waals surface area (Å²) in [6.07, 6.45) is 0. The molecule has 0 aliphatic carbocycles. The van der Waals surface area contributed by atoms with Crippen LogP contribution in [-0.2, 0) is 0 Å². The van der Waals surface area contributed by atoms with E-state index < -0.39 is 0 Å². The molecule has 60 valence electrons. The highest BCUT2D eigenvalue weighted by Gasteiger charge is 2.08. The van der Waals surface area contributed by atoms with Crippen molar-refractivity contribution in [2.75, 3.05) is 7.11 Å². The third-order valence-electron chi connectivity index (χ3n) is 1.63. The van der Waals surface area contributed by atoms with Crippen LogP contribution in [0.4, 0.5) is 0 Å². The van der Waals surface area contributed by atoms with Crippen molar-refractivity contribution in [2.24, 2.45) is 0 Å². The molecule has 0 amide bonds. The Labute approximate surface area is 73.0 Å². The van der Waals surface area contributed by atoms with Crippen molar-refractivity contribution in [2.45, 2.75) is 6.92 Å². The Balaban J connectivity index is 3.27. The molecule has 0 unspecified atom stereocenters. The van der Waals surface area contributed by atoms with E-state index >= 15 is 0 Å². The Kier molecular flexibility index (Phi) is 2.53. The second kappa shape index (κ2) is 3.43. The molecule has 2 radical (unpaired) electrons. The van der Waals surface area contributed by atoms with Crippen molar-refractivity contribution >= 4 is 19.1 Å². The fraction of sp³-hybridized carbons (Fsp3) is 0.222. The van der Waals surface area contributed by atoms with Crippen LogP contribution in [0.3, 0.4) is 0 Å². The number of Topliss-reactive ketones (excluding diaryl/α,β-unsaturated/α-hetero) is 1. The zero-order chi connectivity index (χ0) is 9.14. The topological polar surface area (TPSA) is 26.3 Å². The fourth-order valence-electron chi connectivity index (χ4n) is 1.06. The lowest BCUT2D eigenvalue weighted by molar-refractivity contribution is 0.101. The van der Waals surface area contributed by atoms with Gasteiger partial charge in [-0.15, -0.1) is 0 Å². The minimum Gasteiger partial charge on any atom is -0.497 e. The number of methoxy groups -OCH3 is 1. The largest absolute Gasteiger partial charge is 0.497 e. The third-order valence-corrected chi connectivity index (χ3v) is 1.63. The first-order valence-electron chi connectivity index (χ1n) is 3.60. The molecule has 0 N–H and O–H groups in total. The standard InChI is InChI=1S/C9H9BO2/c1-6(11)7-4-3-5-8(10)9(7)12-2/h3-5H,1-2H3. The SMILES string of the molecule is [B]c1cccc(C(C)=O)c1OC. The molecule has 0 aliphatic rings. The van der Waals surface area contributed by atoms with Crippen molar-refractivity contribution in [3.05, 3.63) is 23.8 Å². The van der Waals surface area contributed by atoms with E-state index in [0.29, 0.717) is 16.8 Å². The van der Waals surface area contributed by atoms with Crippen molar-refractivity contribution in [3.8, 4) is 5.75 Å². The Morgan fingerprint density at radius 2 is 2.17 bits per heavy atom.